The fourth-order valence-electron chi connectivity index (χ4n) is 1.19. The van der Waals surface area contributed by atoms with Crippen molar-refractivity contribution in [2.45, 2.75) is 33.7 Å². The number of carbonyl (C=O) groups is 1. The van der Waals surface area contributed by atoms with Gasteiger partial charge in [-0.05, 0) is 24.5 Å². The zero-order chi connectivity index (χ0) is 14.1. The SMILES string of the molecule is C[C@@H](NC(=O)c1ccc(F)c(Cl)c1F)C(C)(C)C. The molecule has 0 aromatic heterocycles. The van der Waals surface area contributed by atoms with E-state index in [1.54, 1.807) is 0 Å². The summed E-state index contributed by atoms with van der Waals surface area (Å²) in [6.07, 6.45) is 0. The zero-order valence-corrected chi connectivity index (χ0v) is 11.5. The molecule has 1 rings (SSSR count). The van der Waals surface area contributed by atoms with Gasteiger partial charge in [0.1, 0.15) is 10.8 Å². The molecule has 2 nitrogen and oxygen atoms in total. The van der Waals surface area contributed by atoms with Crippen LogP contribution in [0, 0.1) is 17.0 Å². The van der Waals surface area contributed by atoms with Crippen LogP contribution in [0.1, 0.15) is 38.1 Å². The predicted octanol–water partition coefficient (Wildman–Crippen LogP) is 3.78. The highest BCUT2D eigenvalue weighted by atomic mass is 35.5. The van der Waals surface area contributed by atoms with Gasteiger partial charge < -0.3 is 5.32 Å². The zero-order valence-electron chi connectivity index (χ0n) is 10.8. The fraction of sp³-hybridized carbons (Fsp3) is 0.462. The van der Waals surface area contributed by atoms with Gasteiger partial charge in [-0.1, -0.05) is 32.4 Å². The van der Waals surface area contributed by atoms with Gasteiger partial charge in [0.25, 0.3) is 5.91 Å². The molecule has 18 heavy (non-hydrogen) atoms. The molecule has 0 aliphatic carbocycles. The Hall–Kier alpha value is -1.16. The first-order valence-electron chi connectivity index (χ1n) is 5.59. The lowest BCUT2D eigenvalue weighted by Crippen LogP contribution is -2.41. The number of hydrogen-bond donors (Lipinski definition) is 1. The van der Waals surface area contributed by atoms with Crippen molar-refractivity contribution in [1.29, 1.82) is 0 Å². The third-order valence-corrected chi connectivity index (χ3v) is 3.27. The number of halogens is 3. The third kappa shape index (κ3) is 3.19. The van der Waals surface area contributed by atoms with E-state index in [4.69, 9.17) is 11.6 Å². The summed E-state index contributed by atoms with van der Waals surface area (Å²) in [4.78, 5) is 11.9. The first-order chi connectivity index (χ1) is 8.14. The molecule has 1 aromatic carbocycles. The lowest BCUT2D eigenvalue weighted by atomic mass is 9.88. The second-order valence-corrected chi connectivity index (χ2v) is 5.66. The van der Waals surface area contributed by atoms with Gasteiger partial charge in [0, 0.05) is 6.04 Å². The molecule has 0 heterocycles. The maximum Gasteiger partial charge on any atom is 0.254 e. The Morgan fingerprint density at radius 1 is 1.33 bits per heavy atom. The molecular weight excluding hydrogens is 260 g/mol. The van der Waals surface area contributed by atoms with Crippen molar-refractivity contribution in [2.24, 2.45) is 5.41 Å². The molecule has 1 aromatic rings. The Bertz CT molecular complexity index is 469. The summed E-state index contributed by atoms with van der Waals surface area (Å²) in [6.45, 7) is 7.67. The van der Waals surface area contributed by atoms with Crippen LogP contribution in [0.15, 0.2) is 12.1 Å². The molecule has 1 atom stereocenters. The van der Waals surface area contributed by atoms with Crippen molar-refractivity contribution in [3.05, 3.63) is 34.4 Å². The van der Waals surface area contributed by atoms with E-state index >= 15 is 0 Å². The van der Waals surface area contributed by atoms with Crippen molar-refractivity contribution >= 4 is 17.5 Å². The Morgan fingerprint density at radius 3 is 2.39 bits per heavy atom. The lowest BCUT2D eigenvalue weighted by Gasteiger charge is -2.28. The minimum Gasteiger partial charge on any atom is -0.349 e. The summed E-state index contributed by atoms with van der Waals surface area (Å²) in [7, 11) is 0. The van der Waals surface area contributed by atoms with Crippen LogP contribution >= 0.6 is 11.6 Å². The van der Waals surface area contributed by atoms with Crippen LogP contribution in [0.2, 0.25) is 5.02 Å². The third-order valence-electron chi connectivity index (χ3n) is 2.93. The Labute approximate surface area is 110 Å². The number of rotatable bonds is 2. The topological polar surface area (TPSA) is 29.1 Å². The van der Waals surface area contributed by atoms with Gasteiger partial charge in [-0.15, -0.1) is 0 Å². The Balaban J connectivity index is 2.96. The first kappa shape index (κ1) is 14.9. The van der Waals surface area contributed by atoms with Crippen LogP contribution in [0.5, 0.6) is 0 Å². The van der Waals surface area contributed by atoms with E-state index < -0.39 is 22.6 Å². The van der Waals surface area contributed by atoms with E-state index in [0.29, 0.717) is 0 Å². The molecule has 100 valence electrons. The van der Waals surface area contributed by atoms with Crippen molar-refractivity contribution < 1.29 is 13.6 Å². The van der Waals surface area contributed by atoms with Crippen molar-refractivity contribution in [3.8, 4) is 0 Å². The van der Waals surface area contributed by atoms with Crippen LogP contribution in [0.3, 0.4) is 0 Å². The molecule has 0 spiro atoms. The van der Waals surface area contributed by atoms with Gasteiger partial charge in [-0.2, -0.15) is 0 Å². The normalized spacial score (nSPS) is 13.3. The standard InChI is InChI=1S/C13H16ClF2NO/c1-7(13(2,3)4)17-12(18)8-5-6-9(15)10(14)11(8)16/h5-7H,1-4H3,(H,17,18)/t7-/m1/s1. The average Bonchev–Trinajstić information content (AvgIpc) is 2.24. The number of hydrogen-bond acceptors (Lipinski definition) is 1. The minimum atomic E-state index is -1.03. The smallest absolute Gasteiger partial charge is 0.254 e. The minimum absolute atomic E-state index is 0.157. The summed E-state index contributed by atoms with van der Waals surface area (Å²) in [5.74, 6) is -2.51. The average molecular weight is 276 g/mol. The van der Waals surface area contributed by atoms with E-state index in [1.165, 1.54) is 0 Å². The molecule has 0 aliphatic heterocycles. The van der Waals surface area contributed by atoms with Gasteiger partial charge >= 0.3 is 0 Å². The number of amides is 1. The van der Waals surface area contributed by atoms with Gasteiger partial charge in [-0.25, -0.2) is 8.78 Å². The highest BCUT2D eigenvalue weighted by Gasteiger charge is 2.24. The second kappa shape index (κ2) is 5.22. The molecule has 1 N–H and O–H groups in total. The molecule has 0 aliphatic rings. The maximum atomic E-state index is 13.6. The van der Waals surface area contributed by atoms with Crippen LogP contribution in [0.4, 0.5) is 8.78 Å². The number of nitrogens with one attached hydrogen (secondary N) is 1. The van der Waals surface area contributed by atoms with Crippen molar-refractivity contribution in [1.82, 2.24) is 5.32 Å². The van der Waals surface area contributed by atoms with E-state index in [9.17, 15) is 13.6 Å². The van der Waals surface area contributed by atoms with E-state index in [0.717, 1.165) is 12.1 Å². The highest BCUT2D eigenvalue weighted by molar-refractivity contribution is 6.31. The van der Waals surface area contributed by atoms with Crippen molar-refractivity contribution in [2.75, 3.05) is 0 Å². The van der Waals surface area contributed by atoms with E-state index in [2.05, 4.69) is 5.32 Å². The van der Waals surface area contributed by atoms with E-state index in [1.807, 2.05) is 27.7 Å². The Kier molecular flexibility index (Phi) is 4.32. The largest absolute Gasteiger partial charge is 0.349 e. The van der Waals surface area contributed by atoms with Crippen molar-refractivity contribution in [3.63, 3.8) is 0 Å². The second-order valence-electron chi connectivity index (χ2n) is 5.28. The quantitative estimate of drug-likeness (QED) is 0.818. The molecule has 0 fully saturated rings. The van der Waals surface area contributed by atoms with Crippen LogP contribution in [-0.2, 0) is 0 Å². The van der Waals surface area contributed by atoms with Gasteiger partial charge in [-0.3, -0.25) is 4.79 Å². The molecule has 0 saturated carbocycles. The maximum absolute atomic E-state index is 13.6. The van der Waals surface area contributed by atoms with Crippen LogP contribution < -0.4 is 5.32 Å². The molecule has 0 bridgehead atoms. The lowest BCUT2D eigenvalue weighted by molar-refractivity contribution is 0.0906. The number of benzene rings is 1. The highest BCUT2D eigenvalue weighted by Crippen LogP contribution is 2.23. The number of carbonyl (C=O) groups excluding carboxylic acids is 1. The summed E-state index contributed by atoms with van der Waals surface area (Å²) in [5.41, 5.74) is -0.409. The molecule has 0 unspecified atom stereocenters. The summed E-state index contributed by atoms with van der Waals surface area (Å²) >= 11 is 5.42. The Morgan fingerprint density at radius 2 is 1.89 bits per heavy atom. The van der Waals surface area contributed by atoms with Gasteiger partial charge in [0.2, 0.25) is 0 Å². The molecule has 0 saturated heterocycles. The van der Waals surface area contributed by atoms with Gasteiger partial charge in [0.15, 0.2) is 5.82 Å². The van der Waals surface area contributed by atoms with Crippen LogP contribution in [0.25, 0.3) is 0 Å². The fourth-order valence-corrected chi connectivity index (χ4v) is 1.36. The summed E-state index contributed by atoms with van der Waals surface area (Å²) < 4.78 is 26.6. The van der Waals surface area contributed by atoms with Gasteiger partial charge in [0.05, 0.1) is 5.56 Å². The molecular formula is C13H16ClF2NO. The first-order valence-corrected chi connectivity index (χ1v) is 5.96. The molecule has 1 amide bonds. The summed E-state index contributed by atoms with van der Waals surface area (Å²) in [6, 6.07) is 1.90. The summed E-state index contributed by atoms with van der Waals surface area (Å²) in [5, 5.41) is 2.00. The predicted molar refractivity (Wildman–Crippen MR) is 67.8 cm³/mol. The van der Waals surface area contributed by atoms with E-state index in [-0.39, 0.29) is 17.0 Å². The van der Waals surface area contributed by atoms with Crippen LogP contribution in [-0.4, -0.2) is 11.9 Å². The molecule has 0 radical (unpaired) electrons. The monoisotopic (exact) mass is 275 g/mol. The molecule has 5 heteroatoms.